The lowest BCUT2D eigenvalue weighted by Gasteiger charge is -2.72. The second kappa shape index (κ2) is 6.55. The monoisotopic (exact) mass is 404 g/mol. The number of benzene rings is 2. The van der Waals surface area contributed by atoms with Crippen LogP contribution in [0, 0.1) is 23.0 Å². The van der Waals surface area contributed by atoms with Crippen LogP contribution in [0.2, 0.25) is 5.02 Å². The molecule has 1 atom stereocenters. The summed E-state index contributed by atoms with van der Waals surface area (Å²) < 4.78 is 26.9. The molecule has 0 heterocycles. The van der Waals surface area contributed by atoms with Crippen LogP contribution in [-0.4, -0.2) is 17.4 Å². The van der Waals surface area contributed by atoms with Crippen molar-refractivity contribution in [2.45, 2.75) is 31.7 Å². The van der Waals surface area contributed by atoms with E-state index < -0.39 is 11.7 Å². The van der Waals surface area contributed by atoms with E-state index in [4.69, 9.17) is 11.6 Å². The molecule has 0 aliphatic heterocycles. The molecule has 0 radical (unpaired) electrons. The van der Waals surface area contributed by atoms with Gasteiger partial charge < -0.3 is 10.6 Å². The summed E-state index contributed by atoms with van der Waals surface area (Å²) in [7, 11) is 0. The van der Waals surface area contributed by atoms with Gasteiger partial charge in [-0.15, -0.1) is 0 Å². The van der Waals surface area contributed by atoms with E-state index in [0.717, 1.165) is 6.07 Å². The molecular formula is C21H19ClF2N2O2. The highest BCUT2D eigenvalue weighted by molar-refractivity contribution is 6.30. The topological polar surface area (TPSA) is 58.2 Å². The number of carbonyl (C=O) groups is 2. The fraction of sp³-hybridized carbons (Fsp3) is 0.333. The van der Waals surface area contributed by atoms with Gasteiger partial charge in [0.2, 0.25) is 5.91 Å². The van der Waals surface area contributed by atoms with Gasteiger partial charge in [0.25, 0.3) is 5.91 Å². The molecule has 3 saturated carbocycles. The Hall–Kier alpha value is -2.47. The predicted octanol–water partition coefficient (Wildman–Crippen LogP) is 4.55. The zero-order chi connectivity index (χ0) is 20.1. The Balaban J connectivity index is 1.35. The highest BCUT2D eigenvalue weighted by Crippen LogP contribution is 2.70. The number of carbonyl (C=O) groups excluding carboxylic acids is 2. The minimum Gasteiger partial charge on any atom is -0.346 e. The first-order chi connectivity index (χ1) is 13.2. The Bertz CT molecular complexity index is 942. The largest absolute Gasteiger partial charge is 0.346 e. The quantitative estimate of drug-likeness (QED) is 0.768. The van der Waals surface area contributed by atoms with Gasteiger partial charge in [0.15, 0.2) is 0 Å². The molecule has 2 N–H and O–H groups in total. The maximum Gasteiger partial charge on any atom is 0.254 e. The van der Waals surface area contributed by atoms with E-state index in [1.165, 1.54) is 36.4 Å². The molecule has 2 aromatic rings. The van der Waals surface area contributed by atoms with E-state index in [-0.39, 0.29) is 39.2 Å². The first-order valence-electron chi connectivity index (χ1n) is 9.06. The molecule has 0 spiro atoms. The van der Waals surface area contributed by atoms with Crippen LogP contribution < -0.4 is 10.6 Å². The fourth-order valence-electron chi connectivity index (χ4n) is 4.50. The molecule has 5 rings (SSSR count). The highest BCUT2D eigenvalue weighted by atomic mass is 35.5. The van der Waals surface area contributed by atoms with Gasteiger partial charge in [0.05, 0.1) is 5.56 Å². The second-order valence-electron chi connectivity index (χ2n) is 7.97. The van der Waals surface area contributed by atoms with E-state index in [1.807, 2.05) is 6.92 Å². The molecule has 3 aliphatic rings. The lowest BCUT2D eigenvalue weighted by atomic mass is 9.36. The summed E-state index contributed by atoms with van der Waals surface area (Å²) in [5.74, 6) is -1.86. The molecule has 2 amide bonds. The van der Waals surface area contributed by atoms with Crippen LogP contribution in [0.4, 0.5) is 14.5 Å². The minimum atomic E-state index is -0.654. The standard InChI is InChI=1S/C21H19ClF2N2O2/c1-12(18(27)25-15-5-3-14(23)4-6-15)20-9-21(10-20,11-20)26-19(28)16-7-2-13(22)8-17(16)24/h2-8,12H,9-11H2,1H3,(H,25,27)(H,26,28)/t12-,20?,21?/m1/s1. The van der Waals surface area contributed by atoms with Crippen molar-refractivity contribution in [1.82, 2.24) is 5.32 Å². The van der Waals surface area contributed by atoms with Crippen molar-refractivity contribution in [3.8, 4) is 0 Å². The van der Waals surface area contributed by atoms with E-state index in [9.17, 15) is 18.4 Å². The molecular weight excluding hydrogens is 386 g/mol. The Kier molecular flexibility index (Phi) is 4.42. The third-order valence-electron chi connectivity index (χ3n) is 6.05. The van der Waals surface area contributed by atoms with Crippen LogP contribution in [-0.2, 0) is 4.79 Å². The Morgan fingerprint density at radius 2 is 1.71 bits per heavy atom. The van der Waals surface area contributed by atoms with Gasteiger partial charge in [-0.05, 0) is 67.1 Å². The predicted molar refractivity (Wildman–Crippen MR) is 102 cm³/mol. The lowest BCUT2D eigenvalue weighted by Crippen LogP contribution is -2.77. The average molecular weight is 405 g/mol. The van der Waals surface area contributed by atoms with Crippen molar-refractivity contribution >= 4 is 29.1 Å². The SMILES string of the molecule is C[C@H](C(=O)Nc1ccc(F)cc1)C12CC(NC(=O)c3ccc(Cl)cc3F)(C1)C2. The molecule has 2 aromatic carbocycles. The zero-order valence-corrected chi connectivity index (χ0v) is 15.9. The Morgan fingerprint density at radius 3 is 2.32 bits per heavy atom. The van der Waals surface area contributed by atoms with E-state index in [2.05, 4.69) is 10.6 Å². The molecule has 28 heavy (non-hydrogen) atoms. The molecule has 3 aliphatic carbocycles. The normalized spacial score (nSPS) is 25.9. The summed E-state index contributed by atoms with van der Waals surface area (Å²) in [6.07, 6.45) is 2.04. The maximum atomic E-state index is 13.9. The lowest BCUT2D eigenvalue weighted by molar-refractivity contribution is -0.184. The van der Waals surface area contributed by atoms with Crippen molar-refractivity contribution in [2.75, 3.05) is 5.32 Å². The highest BCUT2D eigenvalue weighted by Gasteiger charge is 2.71. The van der Waals surface area contributed by atoms with Crippen LogP contribution in [0.25, 0.3) is 0 Å². The van der Waals surface area contributed by atoms with Crippen molar-refractivity contribution in [3.63, 3.8) is 0 Å². The van der Waals surface area contributed by atoms with Gasteiger partial charge in [-0.1, -0.05) is 18.5 Å². The van der Waals surface area contributed by atoms with Gasteiger partial charge in [-0.3, -0.25) is 9.59 Å². The number of nitrogens with one attached hydrogen (secondary N) is 2. The number of rotatable bonds is 5. The molecule has 4 nitrogen and oxygen atoms in total. The molecule has 2 bridgehead atoms. The summed E-state index contributed by atoms with van der Waals surface area (Å²) >= 11 is 5.72. The van der Waals surface area contributed by atoms with Crippen molar-refractivity contribution in [3.05, 3.63) is 64.7 Å². The van der Waals surface area contributed by atoms with Gasteiger partial charge in [-0.25, -0.2) is 8.78 Å². The maximum absolute atomic E-state index is 13.9. The van der Waals surface area contributed by atoms with E-state index in [1.54, 1.807) is 0 Å². The molecule has 0 saturated heterocycles. The molecule has 0 aromatic heterocycles. The van der Waals surface area contributed by atoms with Gasteiger partial charge >= 0.3 is 0 Å². The minimum absolute atomic E-state index is 0.0368. The molecule has 7 heteroatoms. The summed E-state index contributed by atoms with van der Waals surface area (Å²) in [6, 6.07) is 9.58. The number of anilines is 1. The summed E-state index contributed by atoms with van der Waals surface area (Å²) in [5.41, 5.74) is -0.0138. The van der Waals surface area contributed by atoms with Gasteiger partial charge in [0, 0.05) is 22.2 Å². The van der Waals surface area contributed by atoms with Crippen LogP contribution in [0.3, 0.4) is 0 Å². The first-order valence-corrected chi connectivity index (χ1v) is 9.44. The molecule has 146 valence electrons. The van der Waals surface area contributed by atoms with Gasteiger partial charge in [0.1, 0.15) is 11.6 Å². The van der Waals surface area contributed by atoms with Crippen molar-refractivity contribution in [1.29, 1.82) is 0 Å². The number of amides is 2. The summed E-state index contributed by atoms with van der Waals surface area (Å²) in [6.45, 7) is 1.86. The fourth-order valence-corrected chi connectivity index (χ4v) is 4.66. The third-order valence-corrected chi connectivity index (χ3v) is 6.28. The smallest absolute Gasteiger partial charge is 0.254 e. The van der Waals surface area contributed by atoms with Crippen LogP contribution in [0.1, 0.15) is 36.5 Å². The number of halogens is 3. The Labute approximate surface area is 166 Å². The summed E-state index contributed by atoms with van der Waals surface area (Å²) in [4.78, 5) is 24.9. The Morgan fingerprint density at radius 1 is 1.07 bits per heavy atom. The van der Waals surface area contributed by atoms with Gasteiger partial charge in [-0.2, -0.15) is 0 Å². The zero-order valence-electron chi connectivity index (χ0n) is 15.2. The number of hydrogen-bond donors (Lipinski definition) is 2. The first kappa shape index (κ1) is 18.9. The molecule has 0 unspecified atom stereocenters. The van der Waals surface area contributed by atoms with Crippen LogP contribution in [0.5, 0.6) is 0 Å². The van der Waals surface area contributed by atoms with Crippen molar-refractivity contribution in [2.24, 2.45) is 11.3 Å². The van der Waals surface area contributed by atoms with Crippen molar-refractivity contribution < 1.29 is 18.4 Å². The summed E-state index contributed by atoms with van der Waals surface area (Å²) in [5, 5.41) is 5.95. The molecule has 3 fully saturated rings. The van der Waals surface area contributed by atoms with E-state index >= 15 is 0 Å². The van der Waals surface area contributed by atoms with E-state index in [0.29, 0.717) is 24.9 Å². The van der Waals surface area contributed by atoms with Crippen LogP contribution >= 0.6 is 11.6 Å². The second-order valence-corrected chi connectivity index (χ2v) is 8.41. The van der Waals surface area contributed by atoms with Crippen LogP contribution in [0.15, 0.2) is 42.5 Å². The third kappa shape index (κ3) is 3.15. The number of hydrogen-bond acceptors (Lipinski definition) is 2. The average Bonchev–Trinajstić information content (AvgIpc) is 2.58.